The Bertz CT molecular complexity index is 974. The molecular formula is C37H60F3N2PSi. The number of alkyl halides is 3. The third-order valence-electron chi connectivity index (χ3n) is 12.5. The number of rotatable bonds is 9. The topological polar surface area (TPSA) is 6.48 Å². The molecule has 2 atom stereocenters. The molecule has 7 heteroatoms. The van der Waals surface area contributed by atoms with Gasteiger partial charge in [-0.15, -0.1) is 0 Å². The highest BCUT2D eigenvalue weighted by Gasteiger charge is 2.70. The zero-order chi connectivity index (χ0) is 31.0. The largest absolute Gasteiger partial charge is 0.416 e. The molecule has 0 unspecified atom stereocenters. The van der Waals surface area contributed by atoms with Gasteiger partial charge in [0.1, 0.15) is 0 Å². The summed E-state index contributed by atoms with van der Waals surface area (Å²) in [5.74, 6) is 0.395. The molecule has 5 saturated carbocycles. The standard InChI is InChI=1S/C37H60F3N2PSi/c1-44(2,3)36(28-35(36)29-24-26-30(27-25-29)37(38,39)40)43(41(31-16-8-4-9-17-31)32-18-10-5-11-19-32)42(33-20-12-6-13-21-33)34-22-14-7-15-23-34/h24-27,31-35H,4-23,28H2,1-3H3/t35-,36+/m0/s1. The Morgan fingerprint density at radius 3 is 1.23 bits per heavy atom. The fraction of sp³-hybridized carbons (Fsp3) is 0.838. The summed E-state index contributed by atoms with van der Waals surface area (Å²) in [6.07, 6.45) is 24.2. The zero-order valence-corrected chi connectivity index (χ0v) is 29.9. The van der Waals surface area contributed by atoms with Crippen molar-refractivity contribution in [1.29, 1.82) is 0 Å². The molecule has 0 radical (unpaired) electrons. The monoisotopic (exact) mass is 648 g/mol. The third kappa shape index (κ3) is 6.90. The average molecular weight is 649 g/mol. The quantitative estimate of drug-likeness (QED) is 0.194. The van der Waals surface area contributed by atoms with E-state index < -0.39 is 28.0 Å². The van der Waals surface area contributed by atoms with Crippen LogP contribution in [0.2, 0.25) is 19.6 Å². The summed E-state index contributed by atoms with van der Waals surface area (Å²) < 4.78 is 47.7. The second kappa shape index (κ2) is 14.0. The molecule has 0 saturated heterocycles. The molecule has 248 valence electrons. The van der Waals surface area contributed by atoms with Gasteiger partial charge in [0.05, 0.1) is 13.6 Å². The van der Waals surface area contributed by atoms with Crippen LogP contribution >= 0.6 is 8.22 Å². The summed E-state index contributed by atoms with van der Waals surface area (Å²) in [6, 6.07) is 9.27. The van der Waals surface area contributed by atoms with E-state index in [9.17, 15) is 13.2 Å². The molecule has 0 aromatic heterocycles. The van der Waals surface area contributed by atoms with Gasteiger partial charge < -0.3 is 0 Å². The first-order valence-corrected chi connectivity index (χ1v) is 23.4. The van der Waals surface area contributed by atoms with Gasteiger partial charge in [0.2, 0.25) is 0 Å². The second-order valence-corrected chi connectivity index (χ2v) is 24.4. The summed E-state index contributed by atoms with van der Waals surface area (Å²) >= 11 is 0. The lowest BCUT2D eigenvalue weighted by Gasteiger charge is -2.59. The van der Waals surface area contributed by atoms with E-state index in [0.717, 1.165) is 0 Å². The summed E-state index contributed by atoms with van der Waals surface area (Å²) in [7, 11) is -2.38. The molecule has 2 nitrogen and oxygen atoms in total. The molecule has 0 spiro atoms. The van der Waals surface area contributed by atoms with E-state index in [2.05, 4.69) is 29.0 Å². The van der Waals surface area contributed by atoms with Crippen molar-refractivity contribution < 1.29 is 13.2 Å². The minimum absolute atomic E-state index is 0.228. The van der Waals surface area contributed by atoms with Crippen molar-refractivity contribution in [1.82, 2.24) is 9.34 Å². The zero-order valence-electron chi connectivity index (χ0n) is 28.0. The van der Waals surface area contributed by atoms with E-state index in [1.807, 2.05) is 12.1 Å². The smallest absolute Gasteiger partial charge is 0.264 e. The molecular weight excluding hydrogens is 588 g/mol. The SMILES string of the molecule is C[Si](C)(C)[C@]1(P(N(C2CCCCC2)C2CCCCC2)N(C2CCCCC2)C2CCCCC2)C[C@H]1c1ccc(C(F)(F)F)cc1. The first kappa shape index (κ1) is 33.5. The van der Waals surface area contributed by atoms with E-state index in [1.165, 1.54) is 153 Å². The Hall–Kier alpha value is -0.423. The van der Waals surface area contributed by atoms with Gasteiger partial charge in [-0.3, -0.25) is 9.34 Å². The van der Waals surface area contributed by atoms with Gasteiger partial charge in [0.25, 0.3) is 0 Å². The molecule has 5 aliphatic rings. The lowest BCUT2D eigenvalue weighted by Crippen LogP contribution is -2.57. The molecule has 44 heavy (non-hydrogen) atoms. The lowest BCUT2D eigenvalue weighted by atomic mass is 9.90. The molecule has 0 amide bonds. The second-order valence-electron chi connectivity index (χ2n) is 16.3. The Balaban J connectivity index is 1.49. The molecule has 6 rings (SSSR count). The van der Waals surface area contributed by atoms with E-state index in [4.69, 9.17) is 0 Å². The predicted molar refractivity (Wildman–Crippen MR) is 183 cm³/mol. The molecule has 0 aliphatic heterocycles. The van der Waals surface area contributed by atoms with Crippen LogP contribution in [0.25, 0.3) is 0 Å². The van der Waals surface area contributed by atoms with Crippen molar-refractivity contribution in [2.75, 3.05) is 0 Å². The van der Waals surface area contributed by atoms with Gasteiger partial charge in [0.15, 0.2) is 0 Å². The number of halogens is 3. The minimum atomic E-state index is -4.28. The van der Waals surface area contributed by atoms with Crippen LogP contribution in [-0.4, -0.2) is 46.4 Å². The minimum Gasteiger partial charge on any atom is -0.264 e. The highest BCUT2D eigenvalue weighted by molar-refractivity contribution is 7.58. The summed E-state index contributed by atoms with van der Waals surface area (Å²) in [6.45, 7) is 7.89. The highest BCUT2D eigenvalue weighted by Crippen LogP contribution is 2.79. The van der Waals surface area contributed by atoms with Gasteiger partial charge in [-0.2, -0.15) is 13.2 Å². The number of nitrogens with zero attached hydrogens (tertiary/aromatic N) is 2. The Labute approximate surface area is 269 Å². The number of hydrogen-bond donors (Lipinski definition) is 0. The van der Waals surface area contributed by atoms with Crippen LogP contribution < -0.4 is 0 Å². The summed E-state index contributed by atoms with van der Waals surface area (Å²) in [5.41, 5.74) is 0.687. The van der Waals surface area contributed by atoms with Crippen molar-refractivity contribution in [2.24, 2.45) is 0 Å². The Morgan fingerprint density at radius 2 is 0.932 bits per heavy atom. The van der Waals surface area contributed by atoms with Gasteiger partial charge in [-0.05, 0) is 81.4 Å². The first-order valence-electron chi connectivity index (χ1n) is 18.6. The predicted octanol–water partition coefficient (Wildman–Crippen LogP) is 12.1. The maximum absolute atomic E-state index is 13.6. The maximum atomic E-state index is 13.6. The van der Waals surface area contributed by atoms with Gasteiger partial charge in [0, 0.05) is 37.2 Å². The van der Waals surface area contributed by atoms with Crippen LogP contribution in [0.4, 0.5) is 13.2 Å². The van der Waals surface area contributed by atoms with Gasteiger partial charge >= 0.3 is 6.18 Å². The number of benzene rings is 1. The van der Waals surface area contributed by atoms with Crippen molar-refractivity contribution in [3.63, 3.8) is 0 Å². The van der Waals surface area contributed by atoms with Crippen molar-refractivity contribution in [3.05, 3.63) is 35.4 Å². The van der Waals surface area contributed by atoms with E-state index in [1.54, 1.807) is 0 Å². The molecule has 0 N–H and O–H groups in total. The van der Waals surface area contributed by atoms with Crippen molar-refractivity contribution in [2.45, 2.75) is 196 Å². The highest BCUT2D eigenvalue weighted by atomic mass is 31.1. The third-order valence-corrected chi connectivity index (χ3v) is 21.6. The van der Waals surface area contributed by atoms with Crippen molar-refractivity contribution >= 4 is 16.3 Å². The van der Waals surface area contributed by atoms with Gasteiger partial charge in [-0.25, -0.2) is 0 Å². The first-order chi connectivity index (χ1) is 21.1. The lowest BCUT2D eigenvalue weighted by molar-refractivity contribution is -0.137. The number of hydrogen-bond acceptors (Lipinski definition) is 2. The van der Waals surface area contributed by atoms with Gasteiger partial charge in [-0.1, -0.05) is 109 Å². The van der Waals surface area contributed by atoms with Crippen LogP contribution in [0.3, 0.4) is 0 Å². The molecule has 0 heterocycles. The average Bonchev–Trinajstić information content (AvgIpc) is 3.80. The summed E-state index contributed by atoms with van der Waals surface area (Å²) in [5, 5.41) is 0. The molecule has 1 aromatic rings. The summed E-state index contributed by atoms with van der Waals surface area (Å²) in [4.78, 5) is 0. The molecule has 5 aliphatic carbocycles. The maximum Gasteiger partial charge on any atom is 0.416 e. The Morgan fingerprint density at radius 1 is 0.591 bits per heavy atom. The molecule has 0 bridgehead atoms. The van der Waals surface area contributed by atoms with Crippen LogP contribution in [0.5, 0.6) is 0 Å². The fourth-order valence-corrected chi connectivity index (χ4v) is 19.1. The normalized spacial score (nSPS) is 29.2. The van der Waals surface area contributed by atoms with Crippen LogP contribution in [0, 0.1) is 0 Å². The molecule has 5 fully saturated rings. The Kier molecular flexibility index (Phi) is 10.6. The molecule has 1 aromatic carbocycles. The fourth-order valence-electron chi connectivity index (χ4n) is 10.0. The van der Waals surface area contributed by atoms with Crippen molar-refractivity contribution in [3.8, 4) is 0 Å². The van der Waals surface area contributed by atoms with Crippen LogP contribution in [0.1, 0.15) is 152 Å². The van der Waals surface area contributed by atoms with Crippen LogP contribution in [-0.2, 0) is 6.18 Å². The van der Waals surface area contributed by atoms with Crippen LogP contribution in [0.15, 0.2) is 24.3 Å². The van der Waals surface area contributed by atoms with E-state index in [0.29, 0.717) is 30.1 Å². The van der Waals surface area contributed by atoms with E-state index in [-0.39, 0.29) is 4.78 Å². The van der Waals surface area contributed by atoms with E-state index >= 15 is 0 Å².